The molecule has 0 aliphatic rings. The second-order valence-electron chi connectivity index (χ2n) is 3.44. The van der Waals surface area contributed by atoms with Crippen LogP contribution in [-0.4, -0.2) is 23.3 Å². The lowest BCUT2D eigenvalue weighted by atomic mass is 10.3. The van der Waals surface area contributed by atoms with Crippen LogP contribution in [0.4, 0.5) is 0 Å². The van der Waals surface area contributed by atoms with Gasteiger partial charge in [-0.2, -0.15) is 0 Å². The van der Waals surface area contributed by atoms with Crippen LogP contribution in [0.3, 0.4) is 0 Å². The fraction of sp³-hybridized carbons (Fsp3) is 0.364. The second-order valence-corrected chi connectivity index (χ2v) is 3.44. The van der Waals surface area contributed by atoms with Crippen LogP contribution in [0.15, 0.2) is 30.6 Å². The van der Waals surface area contributed by atoms with Gasteiger partial charge in [0.15, 0.2) is 0 Å². The van der Waals surface area contributed by atoms with E-state index in [0.29, 0.717) is 12.6 Å². The van der Waals surface area contributed by atoms with Crippen molar-refractivity contribution in [1.82, 2.24) is 9.55 Å². The minimum atomic E-state index is 0.326. The number of aromatic nitrogens is 2. The number of hydrogen-bond acceptors (Lipinski definition) is 2. The number of hydrogen-bond donors (Lipinski definition) is 0. The molecule has 2 aromatic rings. The van der Waals surface area contributed by atoms with E-state index in [2.05, 4.69) is 22.5 Å². The van der Waals surface area contributed by atoms with Crippen LogP contribution in [0.5, 0.6) is 0 Å². The maximum atomic E-state index is 5.13. The van der Waals surface area contributed by atoms with E-state index in [1.54, 1.807) is 7.11 Å². The summed E-state index contributed by atoms with van der Waals surface area (Å²) in [5, 5.41) is 0. The van der Waals surface area contributed by atoms with E-state index in [9.17, 15) is 0 Å². The number of imidazole rings is 1. The van der Waals surface area contributed by atoms with Crippen molar-refractivity contribution in [3.63, 3.8) is 0 Å². The largest absolute Gasteiger partial charge is 0.383 e. The normalized spacial score (nSPS) is 13.3. The minimum absolute atomic E-state index is 0.326. The lowest BCUT2D eigenvalue weighted by Crippen LogP contribution is -2.09. The number of fused-ring (bicyclic) bond motifs is 1. The summed E-state index contributed by atoms with van der Waals surface area (Å²) in [6.45, 7) is 2.83. The van der Waals surface area contributed by atoms with Crippen molar-refractivity contribution >= 4 is 11.0 Å². The van der Waals surface area contributed by atoms with Gasteiger partial charge in [-0.15, -0.1) is 0 Å². The summed E-state index contributed by atoms with van der Waals surface area (Å²) in [6, 6.07) is 8.45. The third-order valence-corrected chi connectivity index (χ3v) is 2.36. The quantitative estimate of drug-likeness (QED) is 0.742. The van der Waals surface area contributed by atoms with Crippen LogP contribution in [0.1, 0.15) is 13.0 Å². The summed E-state index contributed by atoms with van der Waals surface area (Å²) >= 11 is 0. The predicted molar refractivity (Wildman–Crippen MR) is 56.3 cm³/mol. The second kappa shape index (κ2) is 3.80. The molecule has 3 nitrogen and oxygen atoms in total. The number of nitrogens with zero attached hydrogens (tertiary/aromatic N) is 2. The van der Waals surface area contributed by atoms with Crippen LogP contribution in [-0.2, 0) is 4.74 Å². The first-order valence-electron chi connectivity index (χ1n) is 4.73. The summed E-state index contributed by atoms with van der Waals surface area (Å²) in [7, 11) is 1.72. The lowest BCUT2D eigenvalue weighted by Gasteiger charge is -2.12. The maximum Gasteiger partial charge on any atom is 0.0961 e. The first-order chi connectivity index (χ1) is 6.83. The van der Waals surface area contributed by atoms with Gasteiger partial charge >= 0.3 is 0 Å². The molecule has 14 heavy (non-hydrogen) atoms. The number of methoxy groups -OCH3 is 1. The van der Waals surface area contributed by atoms with Crippen LogP contribution in [0.2, 0.25) is 0 Å². The zero-order chi connectivity index (χ0) is 9.97. The molecular formula is C11H14N2O. The van der Waals surface area contributed by atoms with Crippen molar-refractivity contribution in [2.24, 2.45) is 0 Å². The Labute approximate surface area is 83.3 Å². The highest BCUT2D eigenvalue weighted by Crippen LogP contribution is 2.16. The number of rotatable bonds is 3. The van der Waals surface area contributed by atoms with E-state index >= 15 is 0 Å². The van der Waals surface area contributed by atoms with Crippen molar-refractivity contribution < 1.29 is 4.74 Å². The van der Waals surface area contributed by atoms with Crippen molar-refractivity contribution in [2.45, 2.75) is 13.0 Å². The molecule has 0 radical (unpaired) electrons. The van der Waals surface area contributed by atoms with Gasteiger partial charge in [0.05, 0.1) is 30.0 Å². The number of para-hydroxylation sites is 2. The van der Waals surface area contributed by atoms with Crippen LogP contribution in [0, 0.1) is 0 Å². The van der Waals surface area contributed by atoms with E-state index in [4.69, 9.17) is 4.74 Å². The monoisotopic (exact) mass is 190 g/mol. The molecule has 74 valence electrons. The van der Waals surface area contributed by atoms with Crippen molar-refractivity contribution in [3.05, 3.63) is 30.6 Å². The van der Waals surface area contributed by atoms with Gasteiger partial charge in [-0.25, -0.2) is 4.98 Å². The fourth-order valence-corrected chi connectivity index (χ4v) is 1.65. The molecule has 1 aromatic carbocycles. The zero-order valence-electron chi connectivity index (χ0n) is 8.47. The van der Waals surface area contributed by atoms with Crippen molar-refractivity contribution in [1.29, 1.82) is 0 Å². The molecule has 0 saturated carbocycles. The SMILES string of the molecule is COC[C@@H](C)n1cnc2ccccc21. The molecule has 0 unspecified atom stereocenters. The molecule has 0 fully saturated rings. The van der Waals surface area contributed by atoms with Crippen molar-refractivity contribution in [2.75, 3.05) is 13.7 Å². The molecule has 0 saturated heterocycles. The molecule has 0 aliphatic heterocycles. The van der Waals surface area contributed by atoms with Gasteiger partial charge in [0.1, 0.15) is 0 Å². The van der Waals surface area contributed by atoms with Crippen LogP contribution in [0.25, 0.3) is 11.0 Å². The topological polar surface area (TPSA) is 27.1 Å². The predicted octanol–water partition coefficient (Wildman–Crippen LogP) is 2.24. The van der Waals surface area contributed by atoms with Gasteiger partial charge in [0.25, 0.3) is 0 Å². The van der Waals surface area contributed by atoms with Crippen LogP contribution >= 0.6 is 0 Å². The van der Waals surface area contributed by atoms with E-state index < -0.39 is 0 Å². The highest BCUT2D eigenvalue weighted by molar-refractivity contribution is 5.75. The van der Waals surface area contributed by atoms with Gasteiger partial charge < -0.3 is 9.30 Å². The van der Waals surface area contributed by atoms with Gasteiger partial charge in [-0.05, 0) is 19.1 Å². The average molecular weight is 190 g/mol. The summed E-state index contributed by atoms with van der Waals surface area (Å²) in [4.78, 5) is 4.33. The lowest BCUT2D eigenvalue weighted by molar-refractivity contribution is 0.163. The summed E-state index contributed by atoms with van der Waals surface area (Å²) in [5.41, 5.74) is 2.20. The van der Waals surface area contributed by atoms with Crippen molar-refractivity contribution in [3.8, 4) is 0 Å². The average Bonchev–Trinajstić information content (AvgIpc) is 2.61. The molecule has 0 aliphatic carbocycles. The Morgan fingerprint density at radius 2 is 2.21 bits per heavy atom. The van der Waals surface area contributed by atoms with E-state index in [-0.39, 0.29) is 0 Å². The third kappa shape index (κ3) is 1.51. The first-order valence-corrected chi connectivity index (χ1v) is 4.73. The molecule has 3 heteroatoms. The number of benzene rings is 1. The smallest absolute Gasteiger partial charge is 0.0961 e. The Morgan fingerprint density at radius 3 is 3.00 bits per heavy atom. The fourth-order valence-electron chi connectivity index (χ4n) is 1.65. The Balaban J connectivity index is 2.42. The Kier molecular flexibility index (Phi) is 2.50. The molecule has 1 heterocycles. The molecule has 1 atom stereocenters. The molecule has 0 N–H and O–H groups in total. The molecule has 0 spiro atoms. The molecule has 0 bridgehead atoms. The van der Waals surface area contributed by atoms with E-state index in [1.165, 1.54) is 0 Å². The molecule has 1 aromatic heterocycles. The van der Waals surface area contributed by atoms with Crippen LogP contribution < -0.4 is 0 Å². The maximum absolute atomic E-state index is 5.13. The summed E-state index contributed by atoms with van der Waals surface area (Å²) in [5.74, 6) is 0. The standard InChI is InChI=1S/C11H14N2O/c1-9(7-14-2)13-8-12-10-5-3-4-6-11(10)13/h3-6,8-9H,7H2,1-2H3/t9-/m1/s1. The summed E-state index contributed by atoms with van der Waals surface area (Å²) in [6.07, 6.45) is 1.87. The Hall–Kier alpha value is -1.35. The zero-order valence-corrected chi connectivity index (χ0v) is 8.47. The summed E-state index contributed by atoms with van der Waals surface area (Å²) < 4.78 is 7.27. The van der Waals surface area contributed by atoms with Gasteiger partial charge in [0, 0.05) is 7.11 Å². The van der Waals surface area contributed by atoms with Gasteiger partial charge in [-0.1, -0.05) is 12.1 Å². The molecule has 2 rings (SSSR count). The molecule has 0 amide bonds. The minimum Gasteiger partial charge on any atom is -0.383 e. The molecular weight excluding hydrogens is 176 g/mol. The Bertz CT molecular complexity index is 422. The first kappa shape index (κ1) is 9.21. The van der Waals surface area contributed by atoms with Gasteiger partial charge in [0.2, 0.25) is 0 Å². The third-order valence-electron chi connectivity index (χ3n) is 2.36. The number of ether oxygens (including phenoxy) is 1. The van der Waals surface area contributed by atoms with Gasteiger partial charge in [-0.3, -0.25) is 0 Å². The van der Waals surface area contributed by atoms with E-state index in [0.717, 1.165) is 11.0 Å². The van der Waals surface area contributed by atoms with E-state index in [1.807, 2.05) is 24.5 Å². The highest BCUT2D eigenvalue weighted by Gasteiger charge is 2.07. The Morgan fingerprint density at radius 1 is 1.43 bits per heavy atom. The highest BCUT2D eigenvalue weighted by atomic mass is 16.5.